The van der Waals surface area contributed by atoms with Crippen molar-refractivity contribution in [2.45, 2.75) is 12.5 Å². The number of H-pyrrole nitrogens is 1. The smallest absolute Gasteiger partial charge is 0.339 e. The van der Waals surface area contributed by atoms with Crippen molar-refractivity contribution in [2.75, 3.05) is 13.4 Å². The van der Waals surface area contributed by atoms with Gasteiger partial charge in [0, 0.05) is 5.56 Å². The number of hydrogen-bond acceptors (Lipinski definition) is 6. The van der Waals surface area contributed by atoms with Crippen LogP contribution in [0.3, 0.4) is 0 Å². The molecule has 1 unspecified atom stereocenters. The van der Waals surface area contributed by atoms with Crippen LogP contribution in [0.2, 0.25) is 0 Å². The van der Waals surface area contributed by atoms with Gasteiger partial charge in [0.2, 0.25) is 0 Å². The fourth-order valence-electron chi connectivity index (χ4n) is 2.75. The molecular formula is C17H20N5O4P. The van der Waals surface area contributed by atoms with Gasteiger partial charge in [0.05, 0.1) is 19.4 Å². The van der Waals surface area contributed by atoms with E-state index in [9.17, 15) is 4.57 Å². The van der Waals surface area contributed by atoms with E-state index in [2.05, 4.69) is 25.9 Å². The lowest BCUT2D eigenvalue weighted by Gasteiger charge is -2.17. The highest BCUT2D eigenvalue weighted by Gasteiger charge is 2.21. The Labute approximate surface area is 155 Å². The number of nitrogens with one attached hydrogen (secondary N) is 2. The molecule has 0 spiro atoms. The van der Waals surface area contributed by atoms with Crippen molar-refractivity contribution in [1.82, 2.24) is 25.9 Å². The van der Waals surface area contributed by atoms with Crippen LogP contribution < -0.4 is 10.1 Å². The molecule has 0 aliphatic rings. The summed E-state index contributed by atoms with van der Waals surface area (Å²) in [7, 11) is -2.56. The van der Waals surface area contributed by atoms with Crippen LogP contribution in [-0.4, -0.2) is 43.8 Å². The molecule has 10 heteroatoms. The van der Waals surface area contributed by atoms with Gasteiger partial charge in [-0.2, -0.15) is 0 Å². The maximum atomic E-state index is 11.2. The first-order chi connectivity index (χ1) is 13.0. The predicted molar refractivity (Wildman–Crippen MR) is 99.1 cm³/mol. The van der Waals surface area contributed by atoms with Gasteiger partial charge in [-0.15, -0.1) is 5.10 Å². The van der Waals surface area contributed by atoms with Gasteiger partial charge in [-0.25, -0.2) is 5.10 Å². The molecular weight excluding hydrogens is 369 g/mol. The van der Waals surface area contributed by atoms with Crippen molar-refractivity contribution in [2.24, 2.45) is 0 Å². The molecule has 3 aromatic rings. The van der Waals surface area contributed by atoms with Crippen molar-refractivity contribution in [3.05, 3.63) is 59.9 Å². The van der Waals surface area contributed by atoms with E-state index in [1.54, 1.807) is 7.11 Å². The van der Waals surface area contributed by atoms with E-state index in [4.69, 9.17) is 14.5 Å². The van der Waals surface area contributed by atoms with Crippen LogP contribution in [0.15, 0.2) is 48.5 Å². The number of rotatable bonds is 8. The fraction of sp³-hybridized carbons (Fsp3) is 0.235. The quantitative estimate of drug-likeness (QED) is 0.429. The van der Waals surface area contributed by atoms with Crippen molar-refractivity contribution in [3.8, 4) is 16.9 Å². The zero-order chi connectivity index (χ0) is 19.3. The Morgan fingerprint density at radius 1 is 1.19 bits per heavy atom. The first kappa shape index (κ1) is 19.2. The van der Waals surface area contributed by atoms with E-state index >= 15 is 0 Å². The number of ether oxygens (including phenoxy) is 1. The lowest BCUT2D eigenvalue weighted by Crippen LogP contribution is -2.25. The van der Waals surface area contributed by atoms with Crippen molar-refractivity contribution in [1.29, 1.82) is 0 Å². The normalized spacial score (nSPS) is 12.7. The summed E-state index contributed by atoms with van der Waals surface area (Å²) in [5.41, 5.74) is 2.97. The van der Waals surface area contributed by atoms with Crippen molar-refractivity contribution >= 4 is 7.60 Å². The monoisotopic (exact) mass is 389 g/mol. The maximum Gasteiger partial charge on any atom is 0.339 e. The second-order valence-electron chi connectivity index (χ2n) is 5.97. The first-order valence-corrected chi connectivity index (χ1v) is 10.00. The number of hydrogen-bond donors (Lipinski definition) is 4. The summed E-state index contributed by atoms with van der Waals surface area (Å²) >= 11 is 0. The molecule has 0 aliphatic carbocycles. The van der Waals surface area contributed by atoms with Gasteiger partial charge in [-0.1, -0.05) is 42.5 Å². The number of aromatic nitrogens is 4. The molecule has 0 aliphatic heterocycles. The average molecular weight is 389 g/mol. The molecule has 4 N–H and O–H groups in total. The standard InChI is InChI=1S/C17H20N5O4P/c1-26-16-5-3-2-4-14(16)13-8-6-12(7-9-13)10-15(17-19-21-22-20-17)18-11-27(23,24)25/h2-9,15,18H,10-11H2,1H3,(H2,23,24,25)(H,19,20,21,22). The zero-order valence-corrected chi connectivity index (χ0v) is 15.5. The molecule has 0 saturated heterocycles. The molecule has 0 radical (unpaired) electrons. The fourth-order valence-corrected chi connectivity index (χ4v) is 3.21. The van der Waals surface area contributed by atoms with E-state index in [0.29, 0.717) is 12.2 Å². The number of tetrazole rings is 1. The summed E-state index contributed by atoms with van der Waals surface area (Å²) < 4.78 is 16.6. The van der Waals surface area contributed by atoms with E-state index in [-0.39, 0.29) is 0 Å². The van der Waals surface area contributed by atoms with Gasteiger partial charge in [-0.05, 0) is 34.0 Å². The molecule has 0 fully saturated rings. The minimum atomic E-state index is -4.19. The number of benzene rings is 2. The summed E-state index contributed by atoms with van der Waals surface area (Å²) in [5, 5.41) is 16.4. The Morgan fingerprint density at radius 3 is 2.56 bits per heavy atom. The number of methoxy groups -OCH3 is 1. The molecule has 2 aromatic carbocycles. The third kappa shape index (κ3) is 5.21. The Hall–Kier alpha value is -2.58. The van der Waals surface area contributed by atoms with E-state index < -0.39 is 19.9 Å². The van der Waals surface area contributed by atoms with Crippen LogP contribution in [0.1, 0.15) is 17.4 Å². The molecule has 0 bridgehead atoms. The maximum absolute atomic E-state index is 11.2. The highest BCUT2D eigenvalue weighted by atomic mass is 31.2. The summed E-state index contributed by atoms with van der Waals surface area (Å²) in [6.45, 7) is 0. The molecule has 1 atom stereocenters. The van der Waals surface area contributed by atoms with Crippen LogP contribution in [-0.2, 0) is 11.0 Å². The molecule has 9 nitrogen and oxygen atoms in total. The van der Waals surface area contributed by atoms with Crippen LogP contribution in [0, 0.1) is 0 Å². The SMILES string of the molecule is COc1ccccc1-c1ccc(CC(NCP(=O)(O)O)c2nnn[nH]2)cc1. The molecule has 1 heterocycles. The van der Waals surface area contributed by atoms with E-state index in [1.807, 2.05) is 48.5 Å². The Bertz CT molecular complexity index is 911. The summed E-state index contributed by atoms with van der Waals surface area (Å²) in [4.78, 5) is 18.2. The van der Waals surface area contributed by atoms with Crippen molar-refractivity contribution in [3.63, 3.8) is 0 Å². The molecule has 3 rings (SSSR count). The molecule has 1 aromatic heterocycles. The second-order valence-corrected chi connectivity index (χ2v) is 7.61. The summed E-state index contributed by atoms with van der Waals surface area (Å²) in [6, 6.07) is 15.2. The number of aromatic amines is 1. The van der Waals surface area contributed by atoms with Crippen LogP contribution in [0.4, 0.5) is 0 Å². The van der Waals surface area contributed by atoms with Crippen LogP contribution in [0.5, 0.6) is 5.75 Å². The van der Waals surface area contributed by atoms with Gasteiger partial charge >= 0.3 is 7.60 Å². The lowest BCUT2D eigenvalue weighted by atomic mass is 10.00. The molecule has 0 amide bonds. The van der Waals surface area contributed by atoms with Crippen LogP contribution >= 0.6 is 7.60 Å². The third-order valence-corrected chi connectivity index (χ3v) is 4.64. The Balaban J connectivity index is 1.77. The highest BCUT2D eigenvalue weighted by molar-refractivity contribution is 7.51. The van der Waals surface area contributed by atoms with Gasteiger partial charge < -0.3 is 14.5 Å². The molecule has 0 saturated carbocycles. The number of para-hydroxylation sites is 1. The van der Waals surface area contributed by atoms with Gasteiger partial charge in [-0.3, -0.25) is 9.88 Å². The van der Waals surface area contributed by atoms with Gasteiger partial charge in [0.25, 0.3) is 0 Å². The van der Waals surface area contributed by atoms with Gasteiger partial charge in [0.15, 0.2) is 5.82 Å². The molecule has 27 heavy (non-hydrogen) atoms. The van der Waals surface area contributed by atoms with E-state index in [1.165, 1.54) is 0 Å². The highest BCUT2D eigenvalue weighted by Crippen LogP contribution is 2.34. The lowest BCUT2D eigenvalue weighted by molar-refractivity contribution is 0.362. The molecule has 142 valence electrons. The minimum absolute atomic E-state index is 0.414. The van der Waals surface area contributed by atoms with Gasteiger partial charge in [0.1, 0.15) is 5.75 Å². The van der Waals surface area contributed by atoms with Crippen molar-refractivity contribution < 1.29 is 19.1 Å². The summed E-state index contributed by atoms with van der Waals surface area (Å²) in [6.07, 6.45) is 0.000736. The van der Waals surface area contributed by atoms with Crippen LogP contribution in [0.25, 0.3) is 11.1 Å². The Morgan fingerprint density at radius 2 is 1.93 bits per heavy atom. The second kappa shape index (κ2) is 8.41. The average Bonchev–Trinajstić information content (AvgIpc) is 3.19. The Kier molecular flexibility index (Phi) is 5.98. The largest absolute Gasteiger partial charge is 0.496 e. The first-order valence-electron chi connectivity index (χ1n) is 8.20. The predicted octanol–water partition coefficient (Wildman–Crippen LogP) is 1.88. The van der Waals surface area contributed by atoms with E-state index in [0.717, 1.165) is 22.4 Å². The third-order valence-electron chi connectivity index (χ3n) is 4.05. The minimum Gasteiger partial charge on any atom is -0.496 e. The zero-order valence-electron chi connectivity index (χ0n) is 14.6. The number of nitrogens with zero attached hydrogens (tertiary/aromatic N) is 3. The summed E-state index contributed by atoms with van der Waals surface area (Å²) in [5.74, 6) is 1.21. The topological polar surface area (TPSA) is 133 Å².